The molecule has 24 heavy (non-hydrogen) atoms. The lowest BCUT2D eigenvalue weighted by Gasteiger charge is -2.12. The van der Waals surface area contributed by atoms with Gasteiger partial charge in [0.05, 0.1) is 18.1 Å². The molecule has 0 saturated heterocycles. The van der Waals surface area contributed by atoms with Crippen LogP contribution in [0.3, 0.4) is 0 Å². The Morgan fingerprint density at radius 1 is 1.42 bits per heavy atom. The zero-order chi connectivity index (χ0) is 17.3. The highest BCUT2D eigenvalue weighted by Crippen LogP contribution is 2.22. The molecule has 126 valence electrons. The lowest BCUT2D eigenvalue weighted by Crippen LogP contribution is -2.41. The molecular weight excluding hydrogens is 370 g/mol. The second-order valence-corrected chi connectivity index (χ2v) is 6.71. The molecule has 1 unspecified atom stereocenters. The Hall–Kier alpha value is -2.12. The number of fused-ring (bicyclic) bond motifs is 1. The number of carbonyl (C=O) groups excluding carboxylic acids is 1. The number of amides is 1. The summed E-state index contributed by atoms with van der Waals surface area (Å²) in [6.45, 7) is 4.61. The molecular formula is C17H20BrN5O. The van der Waals surface area contributed by atoms with Crippen LogP contribution < -0.4 is 11.1 Å². The molecule has 0 aliphatic carbocycles. The first-order valence-corrected chi connectivity index (χ1v) is 8.54. The van der Waals surface area contributed by atoms with Crippen molar-refractivity contribution in [3.8, 4) is 0 Å². The van der Waals surface area contributed by atoms with Crippen molar-refractivity contribution in [2.45, 2.75) is 32.9 Å². The summed E-state index contributed by atoms with van der Waals surface area (Å²) in [6, 6.07) is 5.53. The van der Waals surface area contributed by atoms with E-state index in [1.165, 1.54) is 16.6 Å². The third-order valence-corrected chi connectivity index (χ3v) is 4.95. The number of imidazole rings is 1. The first kappa shape index (κ1) is 16.7. The van der Waals surface area contributed by atoms with Gasteiger partial charge in [-0.05, 0) is 53.0 Å². The van der Waals surface area contributed by atoms with Crippen LogP contribution in [-0.2, 0) is 17.8 Å². The number of aromatic nitrogens is 3. The summed E-state index contributed by atoms with van der Waals surface area (Å²) in [7, 11) is 0. The van der Waals surface area contributed by atoms with Gasteiger partial charge in [0.25, 0.3) is 0 Å². The molecule has 7 heteroatoms. The van der Waals surface area contributed by atoms with E-state index in [2.05, 4.69) is 56.1 Å². The van der Waals surface area contributed by atoms with Crippen LogP contribution in [0.15, 0.2) is 29.1 Å². The third kappa shape index (κ3) is 3.37. The highest BCUT2D eigenvalue weighted by Gasteiger charge is 2.16. The highest BCUT2D eigenvalue weighted by atomic mass is 79.9. The maximum absolute atomic E-state index is 12.2. The van der Waals surface area contributed by atoms with Gasteiger partial charge in [-0.3, -0.25) is 4.79 Å². The van der Waals surface area contributed by atoms with Gasteiger partial charge in [-0.1, -0.05) is 6.07 Å². The van der Waals surface area contributed by atoms with E-state index in [4.69, 9.17) is 5.73 Å². The van der Waals surface area contributed by atoms with Crippen molar-refractivity contribution in [3.63, 3.8) is 0 Å². The minimum absolute atomic E-state index is 0.182. The summed E-state index contributed by atoms with van der Waals surface area (Å²) in [4.78, 5) is 22.5. The van der Waals surface area contributed by atoms with E-state index in [-0.39, 0.29) is 5.91 Å². The van der Waals surface area contributed by atoms with Gasteiger partial charge >= 0.3 is 0 Å². The van der Waals surface area contributed by atoms with Crippen molar-refractivity contribution >= 4 is 32.7 Å². The maximum Gasteiger partial charge on any atom is 0.237 e. The number of benzene rings is 1. The quantitative estimate of drug-likeness (QED) is 0.539. The van der Waals surface area contributed by atoms with Gasteiger partial charge < -0.3 is 21.0 Å². The van der Waals surface area contributed by atoms with Crippen LogP contribution in [0.4, 0.5) is 0 Å². The van der Waals surface area contributed by atoms with Gasteiger partial charge in [-0.2, -0.15) is 0 Å². The van der Waals surface area contributed by atoms with E-state index in [0.717, 1.165) is 16.8 Å². The number of nitrogens with two attached hydrogens (primary N) is 1. The number of aryl methyl sites for hydroxylation is 2. The van der Waals surface area contributed by atoms with Crippen LogP contribution in [0.1, 0.15) is 22.5 Å². The molecule has 3 rings (SSSR count). The third-order valence-electron chi connectivity index (χ3n) is 4.27. The fourth-order valence-electron chi connectivity index (χ4n) is 2.70. The fourth-order valence-corrected chi connectivity index (χ4v) is 3.08. The smallest absolute Gasteiger partial charge is 0.237 e. The molecule has 5 N–H and O–H groups in total. The van der Waals surface area contributed by atoms with E-state index in [0.29, 0.717) is 17.6 Å². The normalized spacial score (nSPS) is 12.5. The first-order chi connectivity index (χ1) is 11.5. The second kappa shape index (κ2) is 6.78. The van der Waals surface area contributed by atoms with E-state index in [9.17, 15) is 4.79 Å². The Labute approximate surface area is 148 Å². The molecule has 1 amide bonds. The molecule has 0 fully saturated rings. The van der Waals surface area contributed by atoms with Crippen molar-refractivity contribution in [3.05, 3.63) is 51.6 Å². The fraction of sp³-hybridized carbons (Fsp3) is 0.294. The average Bonchev–Trinajstić information content (AvgIpc) is 3.09. The molecule has 0 spiro atoms. The standard InChI is InChI=1S/C17H20BrN5O/c1-9-10(2)23-14-4-3-11(5-12(9)14)7-20-17(24)13(19)6-15-16(18)22-8-21-15/h3-5,8,13,23H,6-7,19H2,1-2H3,(H,20,24)(H,21,22). The average molecular weight is 390 g/mol. The topological polar surface area (TPSA) is 99.6 Å². The number of hydrogen-bond acceptors (Lipinski definition) is 3. The predicted molar refractivity (Wildman–Crippen MR) is 97.6 cm³/mol. The molecule has 6 nitrogen and oxygen atoms in total. The number of H-pyrrole nitrogens is 2. The zero-order valence-corrected chi connectivity index (χ0v) is 15.2. The van der Waals surface area contributed by atoms with Crippen molar-refractivity contribution in [1.29, 1.82) is 0 Å². The molecule has 0 saturated carbocycles. The lowest BCUT2D eigenvalue weighted by molar-refractivity contribution is -0.122. The highest BCUT2D eigenvalue weighted by molar-refractivity contribution is 9.10. The van der Waals surface area contributed by atoms with Crippen molar-refractivity contribution in [2.24, 2.45) is 5.73 Å². The number of rotatable bonds is 5. The Morgan fingerprint density at radius 2 is 2.21 bits per heavy atom. The minimum Gasteiger partial charge on any atom is -0.358 e. The zero-order valence-electron chi connectivity index (χ0n) is 13.6. The van der Waals surface area contributed by atoms with Crippen LogP contribution in [0.25, 0.3) is 10.9 Å². The van der Waals surface area contributed by atoms with Crippen molar-refractivity contribution in [2.75, 3.05) is 0 Å². The Bertz CT molecular complexity index is 882. The Kier molecular flexibility index (Phi) is 4.73. The summed E-state index contributed by atoms with van der Waals surface area (Å²) in [6.07, 6.45) is 1.97. The summed E-state index contributed by atoms with van der Waals surface area (Å²) >= 11 is 3.32. The van der Waals surface area contributed by atoms with Crippen molar-refractivity contribution < 1.29 is 4.79 Å². The van der Waals surface area contributed by atoms with Crippen molar-refractivity contribution in [1.82, 2.24) is 20.3 Å². The lowest BCUT2D eigenvalue weighted by atomic mass is 10.1. The SMILES string of the molecule is Cc1[nH]c2ccc(CNC(=O)C(N)Cc3[nH]cnc3Br)cc2c1C. The Morgan fingerprint density at radius 3 is 2.92 bits per heavy atom. The van der Waals surface area contributed by atoms with E-state index in [1.54, 1.807) is 6.33 Å². The molecule has 1 atom stereocenters. The predicted octanol–water partition coefficient (Wildman–Crippen LogP) is 2.46. The molecule has 0 bridgehead atoms. The molecule has 2 aromatic heterocycles. The maximum atomic E-state index is 12.2. The molecule has 0 aliphatic rings. The first-order valence-electron chi connectivity index (χ1n) is 7.74. The van der Waals surface area contributed by atoms with Crippen LogP contribution >= 0.6 is 15.9 Å². The Balaban J connectivity index is 1.63. The number of hydrogen-bond donors (Lipinski definition) is 4. The van der Waals surface area contributed by atoms with Crippen LogP contribution in [-0.4, -0.2) is 26.9 Å². The number of nitrogens with zero attached hydrogens (tertiary/aromatic N) is 1. The number of halogens is 1. The molecule has 0 aliphatic heterocycles. The number of aromatic amines is 2. The summed E-state index contributed by atoms with van der Waals surface area (Å²) in [5.74, 6) is -0.182. The van der Waals surface area contributed by atoms with E-state index >= 15 is 0 Å². The molecule has 2 heterocycles. The monoisotopic (exact) mass is 389 g/mol. The van der Waals surface area contributed by atoms with E-state index < -0.39 is 6.04 Å². The van der Waals surface area contributed by atoms with Crippen LogP contribution in [0.2, 0.25) is 0 Å². The largest absolute Gasteiger partial charge is 0.358 e. The van der Waals surface area contributed by atoms with Gasteiger partial charge in [0.1, 0.15) is 4.60 Å². The van der Waals surface area contributed by atoms with Gasteiger partial charge in [-0.15, -0.1) is 0 Å². The van der Waals surface area contributed by atoms with Gasteiger partial charge in [0, 0.05) is 29.6 Å². The summed E-state index contributed by atoms with van der Waals surface area (Å²) in [5, 5.41) is 4.08. The summed E-state index contributed by atoms with van der Waals surface area (Å²) in [5.41, 5.74) is 11.4. The van der Waals surface area contributed by atoms with Crippen LogP contribution in [0.5, 0.6) is 0 Å². The minimum atomic E-state index is -0.623. The molecule has 0 radical (unpaired) electrons. The van der Waals surface area contributed by atoms with Gasteiger partial charge in [-0.25, -0.2) is 4.98 Å². The van der Waals surface area contributed by atoms with Gasteiger partial charge in [0.2, 0.25) is 5.91 Å². The van der Waals surface area contributed by atoms with Gasteiger partial charge in [0.15, 0.2) is 0 Å². The van der Waals surface area contributed by atoms with Crippen LogP contribution in [0, 0.1) is 13.8 Å². The molecule has 1 aromatic carbocycles. The summed E-state index contributed by atoms with van der Waals surface area (Å²) < 4.78 is 0.689. The second-order valence-electron chi connectivity index (χ2n) is 5.96. The van der Waals surface area contributed by atoms with E-state index in [1.807, 2.05) is 12.1 Å². The number of nitrogens with one attached hydrogen (secondary N) is 3. The molecule has 3 aromatic rings. The number of carbonyl (C=O) groups is 1.